The van der Waals surface area contributed by atoms with Gasteiger partial charge in [-0.3, -0.25) is 4.90 Å². The van der Waals surface area contributed by atoms with Crippen molar-refractivity contribution in [2.24, 2.45) is 0 Å². The molecule has 2 rings (SSSR count). The maximum atomic E-state index is 13.4. The predicted octanol–water partition coefficient (Wildman–Crippen LogP) is 1.26. The molecule has 1 saturated heterocycles. The Balaban J connectivity index is 1.84. The maximum absolute atomic E-state index is 13.4. The number of hydrogen-bond donors (Lipinski definition) is 1. The predicted molar refractivity (Wildman–Crippen MR) is 63.5 cm³/mol. The van der Waals surface area contributed by atoms with Gasteiger partial charge in [0.2, 0.25) is 0 Å². The number of rotatable bonds is 4. The number of nitrogens with two attached hydrogens (primary N) is 1. The fourth-order valence-electron chi connectivity index (χ4n) is 1.76. The van der Waals surface area contributed by atoms with Crippen LogP contribution >= 0.6 is 0 Å². The maximum Gasteiger partial charge on any atom is 0.167 e. The Hall–Kier alpha value is -1.40. The molecule has 100 valence electrons. The van der Waals surface area contributed by atoms with E-state index in [1.54, 1.807) is 0 Å². The second kappa shape index (κ2) is 5.97. The molecule has 18 heavy (non-hydrogen) atoms. The van der Waals surface area contributed by atoms with Gasteiger partial charge in [0, 0.05) is 31.8 Å². The molecule has 0 amide bonds. The van der Waals surface area contributed by atoms with Crippen molar-refractivity contribution in [2.45, 2.75) is 0 Å². The minimum atomic E-state index is -0.669. The number of benzene rings is 1. The quantitative estimate of drug-likeness (QED) is 0.826. The van der Waals surface area contributed by atoms with E-state index in [1.165, 1.54) is 0 Å². The Morgan fingerprint density at radius 2 is 1.94 bits per heavy atom. The molecule has 0 bridgehead atoms. The van der Waals surface area contributed by atoms with Crippen LogP contribution in [0.3, 0.4) is 0 Å². The molecule has 1 aromatic rings. The Morgan fingerprint density at radius 3 is 2.67 bits per heavy atom. The highest BCUT2D eigenvalue weighted by atomic mass is 19.1. The van der Waals surface area contributed by atoms with Gasteiger partial charge in [-0.25, -0.2) is 8.78 Å². The summed E-state index contributed by atoms with van der Waals surface area (Å²) < 4.78 is 37.0. The molecule has 1 aliphatic rings. The molecule has 2 N–H and O–H groups in total. The molecule has 4 nitrogen and oxygen atoms in total. The summed E-state index contributed by atoms with van der Waals surface area (Å²) in [5.74, 6) is -1.41. The lowest BCUT2D eigenvalue weighted by molar-refractivity contribution is 0.0320. The first-order chi connectivity index (χ1) is 8.66. The van der Waals surface area contributed by atoms with Gasteiger partial charge in [-0.1, -0.05) is 0 Å². The standard InChI is InChI=1S/C12H16F2N2O2/c13-9-8-12(10(14)7-11(9)15)18-6-3-16-1-4-17-5-2-16/h7-8H,1-6,15H2. The van der Waals surface area contributed by atoms with Gasteiger partial charge in [0.05, 0.1) is 18.9 Å². The minimum absolute atomic E-state index is 0.102. The third kappa shape index (κ3) is 3.30. The van der Waals surface area contributed by atoms with Crippen LogP contribution in [0.5, 0.6) is 5.75 Å². The van der Waals surface area contributed by atoms with E-state index in [1.807, 2.05) is 0 Å². The minimum Gasteiger partial charge on any atom is -0.489 e. The Morgan fingerprint density at radius 1 is 1.22 bits per heavy atom. The molecule has 0 radical (unpaired) electrons. The van der Waals surface area contributed by atoms with Gasteiger partial charge in [-0.05, 0) is 0 Å². The zero-order chi connectivity index (χ0) is 13.0. The molecule has 1 aliphatic heterocycles. The van der Waals surface area contributed by atoms with Crippen LogP contribution in [0, 0.1) is 11.6 Å². The van der Waals surface area contributed by atoms with Crippen LogP contribution in [0.15, 0.2) is 12.1 Å². The van der Waals surface area contributed by atoms with Crippen molar-refractivity contribution in [3.63, 3.8) is 0 Å². The number of nitrogen functional groups attached to an aromatic ring is 1. The first-order valence-corrected chi connectivity index (χ1v) is 5.84. The van der Waals surface area contributed by atoms with E-state index in [0.29, 0.717) is 26.4 Å². The van der Waals surface area contributed by atoms with Crippen molar-refractivity contribution in [2.75, 3.05) is 45.2 Å². The Kier molecular flexibility index (Phi) is 4.33. The van der Waals surface area contributed by atoms with E-state index < -0.39 is 11.6 Å². The molecule has 1 fully saturated rings. The molecular formula is C12H16F2N2O2. The molecule has 0 aromatic heterocycles. The van der Waals surface area contributed by atoms with Crippen LogP contribution in [0.4, 0.5) is 14.5 Å². The Bertz CT molecular complexity index is 409. The van der Waals surface area contributed by atoms with Crippen molar-refractivity contribution in [3.05, 3.63) is 23.8 Å². The molecule has 6 heteroatoms. The summed E-state index contributed by atoms with van der Waals surface area (Å²) >= 11 is 0. The van der Waals surface area contributed by atoms with E-state index in [4.69, 9.17) is 15.2 Å². The number of nitrogens with zero attached hydrogens (tertiary/aromatic N) is 1. The zero-order valence-corrected chi connectivity index (χ0v) is 9.99. The van der Waals surface area contributed by atoms with Gasteiger partial charge in [0.15, 0.2) is 11.6 Å². The summed E-state index contributed by atoms with van der Waals surface area (Å²) in [5.41, 5.74) is 5.03. The van der Waals surface area contributed by atoms with Crippen molar-refractivity contribution in [1.82, 2.24) is 4.90 Å². The number of hydrogen-bond acceptors (Lipinski definition) is 4. The SMILES string of the molecule is Nc1cc(F)c(OCCN2CCOCC2)cc1F. The average molecular weight is 258 g/mol. The highest BCUT2D eigenvalue weighted by Crippen LogP contribution is 2.22. The lowest BCUT2D eigenvalue weighted by Crippen LogP contribution is -2.38. The highest BCUT2D eigenvalue weighted by Gasteiger charge is 2.12. The summed E-state index contributed by atoms with van der Waals surface area (Å²) in [6.07, 6.45) is 0. The molecule has 0 atom stereocenters. The van der Waals surface area contributed by atoms with Gasteiger partial charge < -0.3 is 15.2 Å². The van der Waals surface area contributed by atoms with Crippen LogP contribution in [-0.4, -0.2) is 44.4 Å². The fourth-order valence-corrected chi connectivity index (χ4v) is 1.76. The van der Waals surface area contributed by atoms with Crippen LogP contribution in [0.1, 0.15) is 0 Å². The van der Waals surface area contributed by atoms with Crippen LogP contribution in [0.25, 0.3) is 0 Å². The van der Waals surface area contributed by atoms with Crippen LogP contribution < -0.4 is 10.5 Å². The first-order valence-electron chi connectivity index (χ1n) is 5.84. The van der Waals surface area contributed by atoms with E-state index >= 15 is 0 Å². The zero-order valence-electron chi connectivity index (χ0n) is 9.99. The third-order valence-electron chi connectivity index (χ3n) is 2.82. The number of ether oxygens (including phenoxy) is 2. The van der Waals surface area contributed by atoms with E-state index in [0.717, 1.165) is 25.2 Å². The monoisotopic (exact) mass is 258 g/mol. The lowest BCUT2D eigenvalue weighted by Gasteiger charge is -2.26. The Labute approximate surface area is 104 Å². The van der Waals surface area contributed by atoms with Gasteiger partial charge in [0.25, 0.3) is 0 Å². The molecule has 0 aliphatic carbocycles. The third-order valence-corrected chi connectivity index (χ3v) is 2.82. The lowest BCUT2D eigenvalue weighted by atomic mass is 10.3. The van der Waals surface area contributed by atoms with E-state index in [9.17, 15) is 8.78 Å². The van der Waals surface area contributed by atoms with Crippen molar-refractivity contribution in [3.8, 4) is 5.75 Å². The number of anilines is 1. The largest absolute Gasteiger partial charge is 0.489 e. The fraction of sp³-hybridized carbons (Fsp3) is 0.500. The topological polar surface area (TPSA) is 47.7 Å². The number of halogens is 2. The molecule has 1 aromatic carbocycles. The average Bonchev–Trinajstić information content (AvgIpc) is 2.37. The molecule has 0 saturated carbocycles. The van der Waals surface area contributed by atoms with Crippen LogP contribution in [0.2, 0.25) is 0 Å². The normalized spacial score (nSPS) is 16.8. The summed E-state index contributed by atoms with van der Waals surface area (Å²) in [4.78, 5) is 2.15. The smallest absolute Gasteiger partial charge is 0.167 e. The van der Waals surface area contributed by atoms with Gasteiger partial charge >= 0.3 is 0 Å². The van der Waals surface area contributed by atoms with Crippen molar-refractivity contribution >= 4 is 5.69 Å². The number of morpholine rings is 1. The summed E-state index contributed by atoms with van der Waals surface area (Å²) in [6.45, 7) is 4.04. The second-order valence-corrected chi connectivity index (χ2v) is 4.11. The second-order valence-electron chi connectivity index (χ2n) is 4.11. The summed E-state index contributed by atoms with van der Waals surface area (Å²) in [6, 6.07) is 1.91. The van der Waals surface area contributed by atoms with Gasteiger partial charge in [-0.15, -0.1) is 0 Å². The first kappa shape index (κ1) is 13.0. The summed E-state index contributed by atoms with van der Waals surface area (Å²) in [7, 11) is 0. The molecule has 1 heterocycles. The van der Waals surface area contributed by atoms with Gasteiger partial charge in [0.1, 0.15) is 12.4 Å². The summed E-state index contributed by atoms with van der Waals surface area (Å²) in [5, 5.41) is 0. The molecule has 0 unspecified atom stereocenters. The molecular weight excluding hydrogens is 242 g/mol. The van der Waals surface area contributed by atoms with Gasteiger partial charge in [-0.2, -0.15) is 0 Å². The van der Waals surface area contributed by atoms with Crippen molar-refractivity contribution < 1.29 is 18.3 Å². The van der Waals surface area contributed by atoms with Crippen LogP contribution in [-0.2, 0) is 4.74 Å². The van der Waals surface area contributed by atoms with Crippen molar-refractivity contribution in [1.29, 1.82) is 0 Å². The van der Waals surface area contributed by atoms with E-state index in [2.05, 4.69) is 4.90 Å². The van der Waals surface area contributed by atoms with E-state index in [-0.39, 0.29) is 11.4 Å². The highest BCUT2D eigenvalue weighted by molar-refractivity contribution is 5.44. The molecule has 0 spiro atoms.